The fourth-order valence-corrected chi connectivity index (χ4v) is 3.29. The topological polar surface area (TPSA) is 21.7 Å². The van der Waals surface area contributed by atoms with Crippen LogP contribution in [0.3, 0.4) is 0 Å². The lowest BCUT2D eigenvalue weighted by molar-refractivity contribution is -0.236. The van der Waals surface area contributed by atoms with Crippen LogP contribution < -0.4 is 4.74 Å². The molecule has 0 amide bonds. The standard InChI is InChI=1S/C16H23NO2.2C2H6/c1-12(2)19-17-13-8-9-14(17)11-16(10-13)18-15-6-4-3-5-7-15;2*1-2/h3-7,12-14,16H,8-11H2,1-2H3;2*1-2H3/t13-,14+,16?;;. The van der Waals surface area contributed by atoms with Crippen molar-refractivity contribution in [2.24, 2.45) is 0 Å². The lowest BCUT2D eigenvalue weighted by Crippen LogP contribution is -2.47. The molecule has 0 spiro atoms. The summed E-state index contributed by atoms with van der Waals surface area (Å²) in [7, 11) is 0. The number of hydrogen-bond donors (Lipinski definition) is 0. The average molecular weight is 322 g/mol. The van der Waals surface area contributed by atoms with E-state index in [1.54, 1.807) is 0 Å². The second-order valence-electron chi connectivity index (χ2n) is 5.92. The summed E-state index contributed by atoms with van der Waals surface area (Å²) < 4.78 is 6.11. The Bertz CT molecular complexity index is 393. The van der Waals surface area contributed by atoms with Crippen molar-refractivity contribution in [3.8, 4) is 5.75 Å². The van der Waals surface area contributed by atoms with Gasteiger partial charge in [-0.3, -0.25) is 4.84 Å². The Hall–Kier alpha value is -1.06. The molecule has 23 heavy (non-hydrogen) atoms. The van der Waals surface area contributed by atoms with Crippen LogP contribution >= 0.6 is 0 Å². The van der Waals surface area contributed by atoms with Crippen molar-refractivity contribution in [3.05, 3.63) is 30.3 Å². The summed E-state index contributed by atoms with van der Waals surface area (Å²) in [5, 5.41) is 2.25. The number of para-hydroxylation sites is 1. The first-order valence-corrected chi connectivity index (χ1v) is 9.39. The highest BCUT2D eigenvalue weighted by Gasteiger charge is 2.42. The smallest absolute Gasteiger partial charge is 0.119 e. The Kier molecular flexibility index (Phi) is 9.27. The van der Waals surface area contributed by atoms with Gasteiger partial charge in [-0.1, -0.05) is 45.9 Å². The lowest BCUT2D eigenvalue weighted by atomic mass is 10.0. The molecule has 2 aliphatic heterocycles. The summed E-state index contributed by atoms with van der Waals surface area (Å²) in [5.41, 5.74) is 0. The summed E-state index contributed by atoms with van der Waals surface area (Å²) in [6, 6.07) is 11.2. The Labute approximate surface area is 142 Å². The zero-order valence-corrected chi connectivity index (χ0v) is 15.8. The van der Waals surface area contributed by atoms with Crippen molar-refractivity contribution < 1.29 is 9.57 Å². The summed E-state index contributed by atoms with van der Waals surface area (Å²) >= 11 is 0. The highest BCUT2D eigenvalue weighted by Crippen LogP contribution is 2.37. The van der Waals surface area contributed by atoms with Gasteiger partial charge in [0.1, 0.15) is 11.9 Å². The van der Waals surface area contributed by atoms with Crippen LogP contribution in [0.25, 0.3) is 0 Å². The molecule has 2 aliphatic rings. The molecule has 132 valence electrons. The quantitative estimate of drug-likeness (QED) is 0.735. The normalized spacial score (nSPS) is 26.0. The van der Waals surface area contributed by atoms with E-state index in [-0.39, 0.29) is 6.10 Å². The van der Waals surface area contributed by atoms with Crippen LogP contribution in [0.15, 0.2) is 30.3 Å². The molecular weight excluding hydrogens is 286 g/mol. The summed E-state index contributed by atoms with van der Waals surface area (Å²) in [6.45, 7) is 12.2. The number of benzene rings is 1. The summed E-state index contributed by atoms with van der Waals surface area (Å²) in [5.74, 6) is 0.991. The third-order valence-corrected chi connectivity index (χ3v) is 4.00. The van der Waals surface area contributed by atoms with Gasteiger partial charge in [0.25, 0.3) is 0 Å². The van der Waals surface area contributed by atoms with Crippen molar-refractivity contribution in [3.63, 3.8) is 0 Å². The minimum atomic E-state index is 0.273. The number of piperidine rings is 1. The van der Waals surface area contributed by atoms with E-state index in [2.05, 4.69) is 18.9 Å². The molecule has 0 radical (unpaired) electrons. The molecule has 0 aromatic heterocycles. The maximum Gasteiger partial charge on any atom is 0.119 e. The molecule has 3 rings (SSSR count). The van der Waals surface area contributed by atoms with Crippen LogP contribution in [-0.2, 0) is 4.84 Å². The second-order valence-corrected chi connectivity index (χ2v) is 5.92. The maximum atomic E-state index is 6.11. The molecule has 2 bridgehead atoms. The van der Waals surface area contributed by atoms with E-state index in [0.717, 1.165) is 18.6 Å². The first-order chi connectivity index (χ1) is 11.2. The van der Waals surface area contributed by atoms with E-state index < -0.39 is 0 Å². The van der Waals surface area contributed by atoms with Crippen molar-refractivity contribution >= 4 is 0 Å². The van der Waals surface area contributed by atoms with Gasteiger partial charge in [-0.15, -0.1) is 0 Å². The molecule has 2 heterocycles. The Balaban J connectivity index is 0.000000615. The van der Waals surface area contributed by atoms with Gasteiger partial charge in [0.05, 0.1) is 6.10 Å². The van der Waals surface area contributed by atoms with Gasteiger partial charge < -0.3 is 4.74 Å². The maximum absolute atomic E-state index is 6.11. The SMILES string of the molecule is CC.CC.CC(C)ON1[C@@H]2CC[C@H]1CC(Oc1ccccc1)C2. The Morgan fingerprint density at radius 2 is 1.43 bits per heavy atom. The van der Waals surface area contributed by atoms with Crippen molar-refractivity contribution in [1.29, 1.82) is 0 Å². The molecule has 2 saturated heterocycles. The predicted octanol–water partition coefficient (Wildman–Crippen LogP) is 5.45. The largest absolute Gasteiger partial charge is 0.490 e. The third-order valence-electron chi connectivity index (χ3n) is 4.00. The molecule has 0 N–H and O–H groups in total. The zero-order chi connectivity index (χ0) is 17.2. The number of hydroxylamine groups is 2. The molecule has 1 aromatic rings. The highest BCUT2D eigenvalue weighted by molar-refractivity contribution is 5.21. The van der Waals surface area contributed by atoms with Gasteiger partial charge in [0, 0.05) is 24.9 Å². The fraction of sp³-hybridized carbons (Fsp3) is 0.700. The number of rotatable bonds is 4. The Morgan fingerprint density at radius 3 is 1.91 bits per heavy atom. The third kappa shape index (κ3) is 5.82. The first kappa shape index (κ1) is 20.0. The Morgan fingerprint density at radius 1 is 0.913 bits per heavy atom. The van der Waals surface area contributed by atoms with Gasteiger partial charge in [0.2, 0.25) is 0 Å². The molecule has 2 fully saturated rings. The minimum absolute atomic E-state index is 0.273. The van der Waals surface area contributed by atoms with Gasteiger partial charge in [-0.2, -0.15) is 5.06 Å². The average Bonchev–Trinajstić information content (AvgIpc) is 2.82. The molecule has 1 unspecified atom stereocenters. The molecule has 0 aliphatic carbocycles. The van der Waals surface area contributed by atoms with Gasteiger partial charge in [-0.05, 0) is 38.8 Å². The van der Waals surface area contributed by atoms with E-state index in [9.17, 15) is 0 Å². The van der Waals surface area contributed by atoms with E-state index in [4.69, 9.17) is 9.57 Å². The highest BCUT2D eigenvalue weighted by atomic mass is 16.7. The second kappa shape index (κ2) is 10.7. The van der Waals surface area contributed by atoms with Crippen LogP contribution in [0, 0.1) is 0 Å². The van der Waals surface area contributed by atoms with Crippen molar-refractivity contribution in [2.45, 2.75) is 91.5 Å². The van der Waals surface area contributed by atoms with E-state index in [1.807, 2.05) is 58.0 Å². The number of nitrogens with zero attached hydrogens (tertiary/aromatic N) is 1. The van der Waals surface area contributed by atoms with Gasteiger partial charge in [0.15, 0.2) is 0 Å². The molecule has 3 nitrogen and oxygen atoms in total. The molecule has 1 aromatic carbocycles. The molecular formula is C20H35NO2. The number of ether oxygens (including phenoxy) is 1. The monoisotopic (exact) mass is 321 g/mol. The van der Waals surface area contributed by atoms with Crippen LogP contribution in [0.4, 0.5) is 0 Å². The van der Waals surface area contributed by atoms with Crippen LogP contribution in [0.5, 0.6) is 5.75 Å². The van der Waals surface area contributed by atoms with Crippen LogP contribution in [-0.4, -0.2) is 29.4 Å². The van der Waals surface area contributed by atoms with E-state index in [1.165, 1.54) is 12.8 Å². The number of hydrogen-bond acceptors (Lipinski definition) is 3. The summed E-state index contributed by atoms with van der Waals surface area (Å²) in [4.78, 5) is 5.95. The van der Waals surface area contributed by atoms with Gasteiger partial charge >= 0.3 is 0 Å². The molecule has 0 saturated carbocycles. The molecule has 3 atom stereocenters. The van der Waals surface area contributed by atoms with Crippen LogP contribution in [0.2, 0.25) is 0 Å². The lowest BCUT2D eigenvalue weighted by Gasteiger charge is -2.38. The van der Waals surface area contributed by atoms with Gasteiger partial charge in [-0.25, -0.2) is 0 Å². The fourth-order valence-electron chi connectivity index (χ4n) is 3.29. The number of fused-ring (bicyclic) bond motifs is 2. The summed E-state index contributed by atoms with van der Waals surface area (Å²) in [6.07, 6.45) is 5.26. The predicted molar refractivity (Wildman–Crippen MR) is 97.7 cm³/mol. The minimum Gasteiger partial charge on any atom is -0.490 e. The van der Waals surface area contributed by atoms with Crippen LogP contribution in [0.1, 0.15) is 67.2 Å². The zero-order valence-electron chi connectivity index (χ0n) is 15.8. The first-order valence-electron chi connectivity index (χ1n) is 9.39. The van der Waals surface area contributed by atoms with E-state index >= 15 is 0 Å². The van der Waals surface area contributed by atoms with E-state index in [0.29, 0.717) is 18.2 Å². The van der Waals surface area contributed by atoms with Crippen molar-refractivity contribution in [2.75, 3.05) is 0 Å². The van der Waals surface area contributed by atoms with Crippen molar-refractivity contribution in [1.82, 2.24) is 5.06 Å². The molecule has 3 heteroatoms.